The molecule has 0 spiro atoms. The topological polar surface area (TPSA) is 86.1 Å². The molecule has 0 saturated heterocycles. The summed E-state index contributed by atoms with van der Waals surface area (Å²) in [6, 6.07) is 6.68. The number of hydrogen-bond acceptors (Lipinski definition) is 5. The van der Waals surface area contributed by atoms with Gasteiger partial charge in [0.1, 0.15) is 11.4 Å². The van der Waals surface area contributed by atoms with E-state index >= 15 is 0 Å². The smallest absolute Gasteiger partial charge is 0.356 e. The maximum Gasteiger partial charge on any atom is 0.356 e. The van der Waals surface area contributed by atoms with Gasteiger partial charge in [-0.25, -0.2) is 9.78 Å². The van der Waals surface area contributed by atoms with Gasteiger partial charge in [0, 0.05) is 18.8 Å². The van der Waals surface area contributed by atoms with Crippen LogP contribution in [0.3, 0.4) is 0 Å². The Labute approximate surface area is 134 Å². The Morgan fingerprint density at radius 1 is 1.26 bits per heavy atom. The van der Waals surface area contributed by atoms with Crippen molar-refractivity contribution in [1.82, 2.24) is 20.1 Å². The lowest BCUT2D eigenvalue weighted by molar-refractivity contribution is 0.0594. The van der Waals surface area contributed by atoms with Crippen LogP contribution in [0.15, 0.2) is 24.3 Å². The number of pyridine rings is 1. The molecule has 1 N–H and O–H groups in total. The molecule has 23 heavy (non-hydrogen) atoms. The van der Waals surface area contributed by atoms with E-state index in [-0.39, 0.29) is 17.3 Å². The molecular weight excluding hydrogens is 296 g/mol. The number of methoxy groups -OCH3 is 1. The third-order valence-electron chi connectivity index (χ3n) is 3.31. The predicted molar refractivity (Wildman–Crippen MR) is 84.2 cm³/mol. The SMILES string of the molecule is COC(=O)c1cccc(C(=O)NCCCn2nc(C)cc2C)n1. The Hall–Kier alpha value is -2.70. The van der Waals surface area contributed by atoms with Gasteiger partial charge in [-0.15, -0.1) is 0 Å². The number of aromatic nitrogens is 3. The molecule has 122 valence electrons. The summed E-state index contributed by atoms with van der Waals surface area (Å²) < 4.78 is 6.50. The van der Waals surface area contributed by atoms with E-state index in [0.29, 0.717) is 6.54 Å². The van der Waals surface area contributed by atoms with E-state index < -0.39 is 5.97 Å². The summed E-state index contributed by atoms with van der Waals surface area (Å²) in [5, 5.41) is 7.15. The van der Waals surface area contributed by atoms with Gasteiger partial charge in [0.15, 0.2) is 0 Å². The molecule has 0 radical (unpaired) electrons. The zero-order valence-corrected chi connectivity index (χ0v) is 13.5. The van der Waals surface area contributed by atoms with Crippen molar-refractivity contribution >= 4 is 11.9 Å². The standard InChI is InChI=1S/C16H20N4O3/c1-11-10-12(2)20(19-11)9-5-8-17-15(21)13-6-4-7-14(18-13)16(22)23-3/h4,6-7,10H,5,8-9H2,1-3H3,(H,17,21). The van der Waals surface area contributed by atoms with E-state index in [1.54, 1.807) is 12.1 Å². The molecule has 1 amide bonds. The predicted octanol–water partition coefficient (Wildman–Crippen LogP) is 1.50. The summed E-state index contributed by atoms with van der Waals surface area (Å²) in [7, 11) is 1.27. The van der Waals surface area contributed by atoms with Gasteiger partial charge in [0.05, 0.1) is 12.8 Å². The second-order valence-electron chi connectivity index (χ2n) is 5.16. The van der Waals surface area contributed by atoms with E-state index in [1.807, 2.05) is 24.6 Å². The van der Waals surface area contributed by atoms with Crippen molar-refractivity contribution < 1.29 is 14.3 Å². The fraction of sp³-hybridized carbons (Fsp3) is 0.375. The van der Waals surface area contributed by atoms with E-state index in [4.69, 9.17) is 0 Å². The third-order valence-corrected chi connectivity index (χ3v) is 3.31. The first kappa shape index (κ1) is 16.7. The average Bonchev–Trinajstić information content (AvgIpc) is 2.88. The summed E-state index contributed by atoms with van der Waals surface area (Å²) in [4.78, 5) is 27.4. The summed E-state index contributed by atoms with van der Waals surface area (Å²) in [6.07, 6.45) is 0.754. The molecule has 7 nitrogen and oxygen atoms in total. The van der Waals surface area contributed by atoms with Crippen molar-refractivity contribution in [3.05, 3.63) is 47.0 Å². The van der Waals surface area contributed by atoms with Crippen molar-refractivity contribution in [2.24, 2.45) is 0 Å². The van der Waals surface area contributed by atoms with E-state index in [1.165, 1.54) is 13.2 Å². The number of carbonyl (C=O) groups is 2. The number of esters is 1. The maximum atomic E-state index is 12.0. The third kappa shape index (κ3) is 4.38. The van der Waals surface area contributed by atoms with Crippen LogP contribution < -0.4 is 5.32 Å². The van der Waals surface area contributed by atoms with Crippen LogP contribution >= 0.6 is 0 Å². The van der Waals surface area contributed by atoms with Crippen molar-refractivity contribution in [1.29, 1.82) is 0 Å². The molecule has 2 heterocycles. The summed E-state index contributed by atoms with van der Waals surface area (Å²) in [5.41, 5.74) is 2.39. The van der Waals surface area contributed by atoms with Crippen molar-refractivity contribution in [2.75, 3.05) is 13.7 Å². The summed E-state index contributed by atoms with van der Waals surface area (Å²) in [6.45, 7) is 5.18. The number of nitrogens with one attached hydrogen (secondary N) is 1. The van der Waals surface area contributed by atoms with Gasteiger partial charge in [0.2, 0.25) is 0 Å². The van der Waals surface area contributed by atoms with E-state index in [2.05, 4.69) is 20.1 Å². The number of carbonyl (C=O) groups excluding carboxylic acids is 2. The minimum atomic E-state index is -0.566. The van der Waals surface area contributed by atoms with Crippen LogP contribution in [-0.2, 0) is 11.3 Å². The lowest BCUT2D eigenvalue weighted by atomic mass is 10.3. The highest BCUT2D eigenvalue weighted by molar-refractivity contribution is 5.94. The molecule has 0 bridgehead atoms. The second kappa shape index (κ2) is 7.53. The second-order valence-corrected chi connectivity index (χ2v) is 5.16. The Morgan fingerprint density at radius 3 is 2.65 bits per heavy atom. The zero-order valence-electron chi connectivity index (χ0n) is 13.5. The Morgan fingerprint density at radius 2 is 2.00 bits per heavy atom. The number of amides is 1. The van der Waals surface area contributed by atoms with Gasteiger partial charge < -0.3 is 10.1 Å². The summed E-state index contributed by atoms with van der Waals surface area (Å²) in [5.74, 6) is -0.881. The number of nitrogens with zero attached hydrogens (tertiary/aromatic N) is 3. The van der Waals surface area contributed by atoms with Crippen LogP contribution in [0.25, 0.3) is 0 Å². The minimum absolute atomic E-state index is 0.114. The first-order chi connectivity index (χ1) is 11.0. The lowest BCUT2D eigenvalue weighted by Crippen LogP contribution is -2.26. The van der Waals surface area contributed by atoms with Gasteiger partial charge in [-0.3, -0.25) is 9.48 Å². The molecule has 0 aromatic carbocycles. The molecule has 0 aliphatic carbocycles. The van der Waals surface area contributed by atoms with Crippen molar-refractivity contribution in [2.45, 2.75) is 26.8 Å². The first-order valence-corrected chi connectivity index (χ1v) is 7.36. The molecule has 7 heteroatoms. The molecule has 0 aliphatic heterocycles. The van der Waals surface area contributed by atoms with E-state index in [0.717, 1.165) is 24.4 Å². The largest absolute Gasteiger partial charge is 0.464 e. The Balaban J connectivity index is 1.85. The summed E-state index contributed by atoms with van der Waals surface area (Å²) >= 11 is 0. The van der Waals surface area contributed by atoms with E-state index in [9.17, 15) is 9.59 Å². The highest BCUT2D eigenvalue weighted by Crippen LogP contribution is 2.03. The molecule has 0 atom stereocenters. The quantitative estimate of drug-likeness (QED) is 0.645. The fourth-order valence-corrected chi connectivity index (χ4v) is 2.20. The lowest BCUT2D eigenvalue weighted by Gasteiger charge is -2.07. The first-order valence-electron chi connectivity index (χ1n) is 7.36. The molecule has 0 unspecified atom stereocenters. The number of hydrogen-bond donors (Lipinski definition) is 1. The fourth-order valence-electron chi connectivity index (χ4n) is 2.20. The zero-order chi connectivity index (χ0) is 16.8. The molecule has 0 fully saturated rings. The Kier molecular flexibility index (Phi) is 5.46. The monoisotopic (exact) mass is 316 g/mol. The van der Waals surface area contributed by atoms with Crippen LogP contribution in [0.4, 0.5) is 0 Å². The molecule has 2 aromatic rings. The van der Waals surface area contributed by atoms with Gasteiger partial charge in [-0.2, -0.15) is 5.10 Å². The maximum absolute atomic E-state index is 12.0. The number of aryl methyl sites for hydroxylation is 3. The molecule has 0 saturated carbocycles. The van der Waals surface area contributed by atoms with Crippen molar-refractivity contribution in [3.8, 4) is 0 Å². The average molecular weight is 316 g/mol. The molecule has 2 rings (SSSR count). The van der Waals surface area contributed by atoms with Gasteiger partial charge in [-0.1, -0.05) is 6.07 Å². The molecule has 0 aliphatic rings. The van der Waals surface area contributed by atoms with Crippen LogP contribution in [0, 0.1) is 13.8 Å². The highest BCUT2D eigenvalue weighted by atomic mass is 16.5. The molecule has 2 aromatic heterocycles. The number of ether oxygens (including phenoxy) is 1. The van der Waals surface area contributed by atoms with Crippen LogP contribution in [-0.4, -0.2) is 40.3 Å². The Bertz CT molecular complexity index is 709. The molecular formula is C16H20N4O3. The van der Waals surface area contributed by atoms with Crippen LogP contribution in [0.2, 0.25) is 0 Å². The normalized spacial score (nSPS) is 10.4. The number of rotatable bonds is 6. The van der Waals surface area contributed by atoms with Crippen LogP contribution in [0.1, 0.15) is 38.8 Å². The van der Waals surface area contributed by atoms with Gasteiger partial charge in [0.25, 0.3) is 5.91 Å². The van der Waals surface area contributed by atoms with Crippen molar-refractivity contribution in [3.63, 3.8) is 0 Å². The van der Waals surface area contributed by atoms with Gasteiger partial charge >= 0.3 is 5.97 Å². The van der Waals surface area contributed by atoms with Crippen LogP contribution in [0.5, 0.6) is 0 Å². The highest BCUT2D eigenvalue weighted by Gasteiger charge is 2.12. The van der Waals surface area contributed by atoms with Gasteiger partial charge in [-0.05, 0) is 38.5 Å². The minimum Gasteiger partial charge on any atom is -0.464 e.